The number of fused-ring (bicyclic) bond motifs is 4. The lowest BCUT2D eigenvalue weighted by atomic mass is 9.82. The van der Waals surface area contributed by atoms with E-state index in [1.807, 2.05) is 0 Å². The van der Waals surface area contributed by atoms with Crippen molar-refractivity contribution >= 4 is 43.1 Å². The SMILES string of the molecule is c1ccc(-c2ccc3c(-c4cccc5ccccc45)c4ccccc4c(-c4ccccc4-c4ccc5ccccc5c4)c3c2)cc1. The summed E-state index contributed by atoms with van der Waals surface area (Å²) in [6.45, 7) is 0. The van der Waals surface area contributed by atoms with E-state index in [1.165, 1.54) is 87.6 Å². The molecule has 46 heavy (non-hydrogen) atoms. The second-order valence-corrected chi connectivity index (χ2v) is 12.1. The fraction of sp³-hybridized carbons (Fsp3) is 0. The van der Waals surface area contributed by atoms with Gasteiger partial charge in [0.25, 0.3) is 0 Å². The molecule has 0 unspecified atom stereocenters. The summed E-state index contributed by atoms with van der Waals surface area (Å²) in [4.78, 5) is 0. The molecule has 0 nitrogen and oxygen atoms in total. The van der Waals surface area contributed by atoms with Gasteiger partial charge >= 0.3 is 0 Å². The highest BCUT2D eigenvalue weighted by atomic mass is 14.2. The van der Waals surface area contributed by atoms with Gasteiger partial charge in [-0.1, -0.05) is 170 Å². The molecule has 0 bridgehead atoms. The zero-order chi connectivity index (χ0) is 30.5. The molecule has 0 radical (unpaired) electrons. The molecule has 0 aliphatic heterocycles. The number of rotatable bonds is 4. The van der Waals surface area contributed by atoms with Crippen molar-refractivity contribution in [3.8, 4) is 44.5 Å². The Kier molecular flexibility index (Phi) is 6.25. The Hall–Kier alpha value is -5.98. The molecule has 214 valence electrons. The van der Waals surface area contributed by atoms with Gasteiger partial charge in [0.1, 0.15) is 0 Å². The fourth-order valence-corrected chi connectivity index (χ4v) is 7.32. The van der Waals surface area contributed by atoms with Crippen LogP contribution in [-0.4, -0.2) is 0 Å². The summed E-state index contributed by atoms with van der Waals surface area (Å²) in [7, 11) is 0. The summed E-state index contributed by atoms with van der Waals surface area (Å²) in [5, 5.41) is 10.1. The Balaban J connectivity index is 1.42. The first-order valence-corrected chi connectivity index (χ1v) is 15.9. The average Bonchev–Trinajstić information content (AvgIpc) is 3.13. The molecule has 0 atom stereocenters. The van der Waals surface area contributed by atoms with Gasteiger partial charge in [-0.25, -0.2) is 0 Å². The Labute approximate surface area is 268 Å². The molecule has 0 N–H and O–H groups in total. The van der Waals surface area contributed by atoms with Gasteiger partial charge in [-0.3, -0.25) is 0 Å². The molecule has 9 aromatic carbocycles. The third-order valence-corrected chi connectivity index (χ3v) is 9.45. The van der Waals surface area contributed by atoms with Crippen LogP contribution in [0.4, 0.5) is 0 Å². The molecule has 0 aliphatic rings. The number of benzene rings is 9. The Morgan fingerprint density at radius 1 is 0.217 bits per heavy atom. The van der Waals surface area contributed by atoms with Crippen LogP contribution in [0.5, 0.6) is 0 Å². The lowest BCUT2D eigenvalue weighted by Gasteiger charge is -2.21. The molecule has 0 aliphatic carbocycles. The van der Waals surface area contributed by atoms with Crippen molar-refractivity contribution in [2.75, 3.05) is 0 Å². The molecule has 0 fully saturated rings. The molecule has 9 rings (SSSR count). The van der Waals surface area contributed by atoms with E-state index in [4.69, 9.17) is 0 Å². The lowest BCUT2D eigenvalue weighted by Crippen LogP contribution is -1.94. The summed E-state index contributed by atoms with van der Waals surface area (Å²) in [6.07, 6.45) is 0. The van der Waals surface area contributed by atoms with Crippen molar-refractivity contribution in [1.82, 2.24) is 0 Å². The predicted octanol–water partition coefficient (Wildman–Crippen LogP) is 13.0. The van der Waals surface area contributed by atoms with Crippen molar-refractivity contribution in [2.24, 2.45) is 0 Å². The molecule has 0 heterocycles. The minimum atomic E-state index is 1.22. The lowest BCUT2D eigenvalue weighted by molar-refractivity contribution is 1.62. The van der Waals surface area contributed by atoms with Crippen LogP contribution in [0.25, 0.3) is 87.6 Å². The van der Waals surface area contributed by atoms with E-state index in [0.29, 0.717) is 0 Å². The van der Waals surface area contributed by atoms with E-state index >= 15 is 0 Å². The van der Waals surface area contributed by atoms with Gasteiger partial charge < -0.3 is 0 Å². The van der Waals surface area contributed by atoms with Gasteiger partial charge in [-0.15, -0.1) is 0 Å². The number of hydrogen-bond donors (Lipinski definition) is 0. The van der Waals surface area contributed by atoms with E-state index in [9.17, 15) is 0 Å². The molecule has 0 heteroatoms. The van der Waals surface area contributed by atoms with Crippen LogP contribution in [0.3, 0.4) is 0 Å². The Bertz CT molecular complexity index is 2570. The standard InChI is InChI=1S/C46H30/c1-2-13-31(14-3-1)35-27-28-43-44(30-35)46(39-21-9-8-20-38(39)36-26-25-32-15-4-5-17-34(32)29-36)42-23-11-10-22-41(42)45(43)40-24-12-18-33-16-6-7-19-37(33)40/h1-30H. The van der Waals surface area contributed by atoms with Gasteiger partial charge in [-0.2, -0.15) is 0 Å². The highest BCUT2D eigenvalue weighted by Gasteiger charge is 2.20. The summed E-state index contributed by atoms with van der Waals surface area (Å²) in [5.74, 6) is 0. The Morgan fingerprint density at radius 2 is 0.761 bits per heavy atom. The second kappa shape index (κ2) is 10.9. The van der Waals surface area contributed by atoms with E-state index in [0.717, 1.165) is 0 Å². The first kappa shape index (κ1) is 26.4. The quantitative estimate of drug-likeness (QED) is 0.181. The van der Waals surface area contributed by atoms with Crippen LogP contribution in [-0.2, 0) is 0 Å². The first-order chi connectivity index (χ1) is 22.8. The minimum Gasteiger partial charge on any atom is -0.0622 e. The van der Waals surface area contributed by atoms with Crippen molar-refractivity contribution in [1.29, 1.82) is 0 Å². The summed E-state index contributed by atoms with van der Waals surface area (Å²) >= 11 is 0. The smallest absolute Gasteiger partial charge is 0.00199 e. The summed E-state index contributed by atoms with van der Waals surface area (Å²) in [6, 6.07) is 66.6. The maximum atomic E-state index is 2.41. The van der Waals surface area contributed by atoms with Crippen LogP contribution in [0.2, 0.25) is 0 Å². The summed E-state index contributed by atoms with van der Waals surface area (Å²) < 4.78 is 0. The topological polar surface area (TPSA) is 0 Å². The molecule has 0 spiro atoms. The van der Waals surface area contributed by atoms with E-state index in [-0.39, 0.29) is 0 Å². The van der Waals surface area contributed by atoms with Crippen molar-refractivity contribution in [3.05, 3.63) is 182 Å². The largest absolute Gasteiger partial charge is 0.0622 e. The van der Waals surface area contributed by atoms with Crippen molar-refractivity contribution in [3.63, 3.8) is 0 Å². The van der Waals surface area contributed by atoms with E-state index < -0.39 is 0 Å². The van der Waals surface area contributed by atoms with Crippen molar-refractivity contribution in [2.45, 2.75) is 0 Å². The Morgan fingerprint density at radius 3 is 1.57 bits per heavy atom. The van der Waals surface area contributed by atoms with Gasteiger partial charge in [0, 0.05) is 0 Å². The number of hydrogen-bond acceptors (Lipinski definition) is 0. The zero-order valence-corrected chi connectivity index (χ0v) is 25.3. The van der Waals surface area contributed by atoms with Crippen LogP contribution >= 0.6 is 0 Å². The van der Waals surface area contributed by atoms with Crippen LogP contribution in [0.1, 0.15) is 0 Å². The molecule has 0 saturated carbocycles. The minimum absolute atomic E-state index is 1.22. The molecular weight excluding hydrogens is 553 g/mol. The molecule has 0 amide bonds. The molecular formula is C46H30. The molecule has 9 aromatic rings. The van der Waals surface area contributed by atoms with Gasteiger partial charge in [-0.05, 0) is 99.7 Å². The third-order valence-electron chi connectivity index (χ3n) is 9.45. The van der Waals surface area contributed by atoms with Crippen LogP contribution in [0, 0.1) is 0 Å². The second-order valence-electron chi connectivity index (χ2n) is 12.1. The normalized spacial score (nSPS) is 11.5. The maximum absolute atomic E-state index is 2.41. The first-order valence-electron chi connectivity index (χ1n) is 15.9. The van der Waals surface area contributed by atoms with E-state index in [1.54, 1.807) is 0 Å². The highest BCUT2D eigenvalue weighted by Crippen LogP contribution is 2.48. The van der Waals surface area contributed by atoms with Gasteiger partial charge in [0.2, 0.25) is 0 Å². The average molecular weight is 583 g/mol. The third kappa shape index (κ3) is 4.30. The molecule has 0 aromatic heterocycles. The van der Waals surface area contributed by atoms with Gasteiger partial charge in [0.05, 0.1) is 0 Å². The highest BCUT2D eigenvalue weighted by molar-refractivity contribution is 6.24. The zero-order valence-electron chi connectivity index (χ0n) is 25.3. The van der Waals surface area contributed by atoms with Crippen molar-refractivity contribution < 1.29 is 0 Å². The fourth-order valence-electron chi connectivity index (χ4n) is 7.32. The van der Waals surface area contributed by atoms with Crippen LogP contribution < -0.4 is 0 Å². The molecule has 0 saturated heterocycles. The predicted molar refractivity (Wildman–Crippen MR) is 198 cm³/mol. The van der Waals surface area contributed by atoms with E-state index in [2.05, 4.69) is 182 Å². The van der Waals surface area contributed by atoms with Gasteiger partial charge in [0.15, 0.2) is 0 Å². The summed E-state index contributed by atoms with van der Waals surface area (Å²) in [5.41, 5.74) is 9.97. The van der Waals surface area contributed by atoms with Crippen LogP contribution in [0.15, 0.2) is 182 Å². The monoisotopic (exact) mass is 582 g/mol. The maximum Gasteiger partial charge on any atom is -0.00199 e.